The Morgan fingerprint density at radius 1 is 1.23 bits per heavy atom. The van der Waals surface area contributed by atoms with E-state index in [9.17, 15) is 0 Å². The Labute approximate surface area is 78.1 Å². The van der Waals surface area contributed by atoms with Crippen LogP contribution in [-0.4, -0.2) is 4.98 Å². The van der Waals surface area contributed by atoms with Crippen molar-refractivity contribution < 1.29 is 0 Å². The molecule has 0 aromatic carbocycles. The van der Waals surface area contributed by atoms with Crippen LogP contribution in [0.4, 0.5) is 11.4 Å². The van der Waals surface area contributed by atoms with Gasteiger partial charge in [-0.15, -0.1) is 0 Å². The largest absolute Gasteiger partial charge is 0.397 e. The minimum atomic E-state index is 0.545. The molecule has 0 atom stereocenters. The smallest absolute Gasteiger partial charge is 0.0769 e. The molecule has 1 heterocycles. The maximum atomic E-state index is 5.87. The lowest BCUT2D eigenvalue weighted by molar-refractivity contribution is 0.701. The molecule has 3 nitrogen and oxygen atoms in total. The minimum absolute atomic E-state index is 0.545. The molecule has 70 valence electrons. The molecule has 1 aliphatic rings. The molecule has 1 aromatic rings. The van der Waals surface area contributed by atoms with Gasteiger partial charge in [0.05, 0.1) is 17.1 Å². The summed E-state index contributed by atoms with van der Waals surface area (Å²) in [7, 11) is 0. The summed E-state index contributed by atoms with van der Waals surface area (Å²) in [6.07, 6.45) is 6.75. The van der Waals surface area contributed by atoms with E-state index in [1.807, 2.05) is 0 Å². The zero-order valence-electron chi connectivity index (χ0n) is 7.66. The van der Waals surface area contributed by atoms with Gasteiger partial charge in [-0.1, -0.05) is 12.8 Å². The maximum Gasteiger partial charge on any atom is 0.0769 e. The number of hydrogen-bond acceptors (Lipinski definition) is 3. The van der Waals surface area contributed by atoms with Crippen molar-refractivity contribution >= 4 is 11.4 Å². The van der Waals surface area contributed by atoms with Crippen molar-refractivity contribution in [2.45, 2.75) is 31.6 Å². The number of aromatic nitrogens is 1. The van der Waals surface area contributed by atoms with Crippen LogP contribution in [-0.2, 0) is 0 Å². The minimum Gasteiger partial charge on any atom is -0.397 e. The van der Waals surface area contributed by atoms with E-state index in [1.54, 1.807) is 12.3 Å². The van der Waals surface area contributed by atoms with E-state index >= 15 is 0 Å². The van der Waals surface area contributed by atoms with Gasteiger partial charge in [-0.2, -0.15) is 0 Å². The topological polar surface area (TPSA) is 64.9 Å². The van der Waals surface area contributed by atoms with E-state index in [0.717, 1.165) is 5.69 Å². The Morgan fingerprint density at radius 2 is 1.92 bits per heavy atom. The molecule has 0 unspecified atom stereocenters. The zero-order valence-corrected chi connectivity index (χ0v) is 7.66. The highest BCUT2D eigenvalue weighted by Crippen LogP contribution is 2.36. The summed E-state index contributed by atoms with van der Waals surface area (Å²) in [6.45, 7) is 0. The first-order valence-electron chi connectivity index (χ1n) is 4.79. The van der Waals surface area contributed by atoms with E-state index in [0.29, 0.717) is 17.3 Å². The molecule has 0 bridgehead atoms. The number of hydrogen-bond donors (Lipinski definition) is 2. The number of pyridine rings is 1. The second-order valence-electron chi connectivity index (χ2n) is 3.68. The number of nitrogens with zero attached hydrogens (tertiary/aromatic N) is 1. The quantitative estimate of drug-likeness (QED) is 0.688. The van der Waals surface area contributed by atoms with Crippen LogP contribution in [0, 0.1) is 0 Å². The van der Waals surface area contributed by atoms with Crippen LogP contribution in [0.5, 0.6) is 0 Å². The van der Waals surface area contributed by atoms with Gasteiger partial charge in [0.15, 0.2) is 0 Å². The molecular weight excluding hydrogens is 162 g/mol. The number of nitrogen functional groups attached to an aromatic ring is 2. The third kappa shape index (κ3) is 1.46. The van der Waals surface area contributed by atoms with Crippen LogP contribution in [0.1, 0.15) is 37.3 Å². The SMILES string of the molecule is Nc1ccnc(C2CCCC2)c1N. The molecule has 1 saturated carbocycles. The molecule has 13 heavy (non-hydrogen) atoms. The highest BCUT2D eigenvalue weighted by atomic mass is 14.8. The Kier molecular flexibility index (Phi) is 2.08. The van der Waals surface area contributed by atoms with Gasteiger partial charge < -0.3 is 11.5 Å². The van der Waals surface area contributed by atoms with Crippen LogP contribution in [0.25, 0.3) is 0 Å². The van der Waals surface area contributed by atoms with E-state index in [2.05, 4.69) is 4.98 Å². The second kappa shape index (κ2) is 3.24. The molecule has 3 heteroatoms. The van der Waals surface area contributed by atoms with Crippen LogP contribution in [0.3, 0.4) is 0 Å². The molecular formula is C10H15N3. The van der Waals surface area contributed by atoms with E-state index in [4.69, 9.17) is 11.5 Å². The van der Waals surface area contributed by atoms with Crippen LogP contribution >= 0.6 is 0 Å². The first-order valence-corrected chi connectivity index (χ1v) is 4.79. The number of nitrogens with two attached hydrogens (primary N) is 2. The van der Waals surface area contributed by atoms with Crippen molar-refractivity contribution in [2.24, 2.45) is 0 Å². The summed E-state index contributed by atoms with van der Waals surface area (Å²) in [5.41, 5.74) is 14.0. The molecule has 0 aliphatic heterocycles. The monoisotopic (exact) mass is 177 g/mol. The van der Waals surface area contributed by atoms with Gasteiger partial charge >= 0.3 is 0 Å². The predicted molar refractivity (Wildman–Crippen MR) is 54.3 cm³/mol. The standard InChI is InChI=1S/C10H15N3/c11-8-5-6-13-10(9(8)12)7-3-1-2-4-7/h5-7H,1-4,12H2,(H2,11,13). The molecule has 0 amide bonds. The van der Waals surface area contributed by atoms with Gasteiger partial charge in [0, 0.05) is 12.1 Å². The fourth-order valence-electron chi connectivity index (χ4n) is 2.03. The second-order valence-corrected chi connectivity index (χ2v) is 3.68. The predicted octanol–water partition coefficient (Wildman–Crippen LogP) is 1.90. The van der Waals surface area contributed by atoms with Crippen molar-refractivity contribution in [3.63, 3.8) is 0 Å². The van der Waals surface area contributed by atoms with E-state index in [-0.39, 0.29) is 0 Å². The van der Waals surface area contributed by atoms with Gasteiger partial charge in [0.1, 0.15) is 0 Å². The Morgan fingerprint density at radius 3 is 2.62 bits per heavy atom. The normalized spacial score (nSPS) is 17.8. The zero-order chi connectivity index (χ0) is 9.26. The summed E-state index contributed by atoms with van der Waals surface area (Å²) in [4.78, 5) is 4.32. The third-order valence-corrected chi connectivity index (χ3v) is 2.80. The molecule has 4 N–H and O–H groups in total. The van der Waals surface area contributed by atoms with Crippen molar-refractivity contribution in [3.05, 3.63) is 18.0 Å². The maximum absolute atomic E-state index is 5.87. The fourth-order valence-corrected chi connectivity index (χ4v) is 2.03. The summed E-state index contributed by atoms with van der Waals surface area (Å²) >= 11 is 0. The lowest BCUT2D eigenvalue weighted by Crippen LogP contribution is -2.05. The van der Waals surface area contributed by atoms with E-state index in [1.165, 1.54) is 25.7 Å². The summed E-state index contributed by atoms with van der Waals surface area (Å²) < 4.78 is 0. The first-order chi connectivity index (χ1) is 6.29. The Hall–Kier alpha value is -1.25. The highest BCUT2D eigenvalue weighted by molar-refractivity contribution is 5.65. The van der Waals surface area contributed by atoms with Crippen LogP contribution < -0.4 is 11.5 Å². The molecule has 0 saturated heterocycles. The van der Waals surface area contributed by atoms with Gasteiger partial charge in [-0.25, -0.2) is 0 Å². The van der Waals surface area contributed by atoms with Gasteiger partial charge in [0.25, 0.3) is 0 Å². The van der Waals surface area contributed by atoms with Crippen LogP contribution in [0.15, 0.2) is 12.3 Å². The molecule has 1 aliphatic carbocycles. The molecule has 0 radical (unpaired) electrons. The molecule has 0 spiro atoms. The Balaban J connectivity index is 2.33. The van der Waals surface area contributed by atoms with Crippen molar-refractivity contribution in [3.8, 4) is 0 Å². The number of rotatable bonds is 1. The lowest BCUT2D eigenvalue weighted by Gasteiger charge is -2.12. The van der Waals surface area contributed by atoms with Crippen LogP contribution in [0.2, 0.25) is 0 Å². The van der Waals surface area contributed by atoms with Crippen molar-refractivity contribution in [1.82, 2.24) is 4.98 Å². The summed E-state index contributed by atoms with van der Waals surface area (Å²) in [5.74, 6) is 0.545. The lowest BCUT2D eigenvalue weighted by atomic mass is 10.0. The average molecular weight is 177 g/mol. The first kappa shape index (κ1) is 8.35. The third-order valence-electron chi connectivity index (χ3n) is 2.80. The average Bonchev–Trinajstić information content (AvgIpc) is 2.62. The van der Waals surface area contributed by atoms with Gasteiger partial charge in [-0.3, -0.25) is 4.98 Å². The molecule has 1 fully saturated rings. The molecule has 1 aromatic heterocycles. The summed E-state index contributed by atoms with van der Waals surface area (Å²) in [5, 5.41) is 0. The highest BCUT2D eigenvalue weighted by Gasteiger charge is 2.20. The Bertz CT molecular complexity index is 303. The van der Waals surface area contributed by atoms with Crippen molar-refractivity contribution in [2.75, 3.05) is 11.5 Å². The van der Waals surface area contributed by atoms with Gasteiger partial charge in [-0.05, 0) is 18.9 Å². The number of anilines is 2. The van der Waals surface area contributed by atoms with E-state index < -0.39 is 0 Å². The summed E-state index contributed by atoms with van der Waals surface area (Å²) in [6, 6.07) is 1.76. The fraction of sp³-hybridized carbons (Fsp3) is 0.500. The molecule has 2 rings (SSSR count). The van der Waals surface area contributed by atoms with Gasteiger partial charge in [0.2, 0.25) is 0 Å². The van der Waals surface area contributed by atoms with Crippen molar-refractivity contribution in [1.29, 1.82) is 0 Å².